The number of thiophene rings is 1. The SMILES string of the molecule is Cc1sc(Br)cc1C(Cl)CC(C)CC(C)(C)C. The van der Waals surface area contributed by atoms with Crippen LogP contribution in [0.25, 0.3) is 0 Å². The molecule has 2 atom stereocenters. The van der Waals surface area contributed by atoms with Crippen molar-refractivity contribution in [3.8, 4) is 0 Å². The van der Waals surface area contributed by atoms with Crippen molar-refractivity contribution in [1.82, 2.24) is 0 Å². The first-order valence-electron chi connectivity index (χ1n) is 6.09. The van der Waals surface area contributed by atoms with Crippen LogP contribution in [0.4, 0.5) is 0 Å². The summed E-state index contributed by atoms with van der Waals surface area (Å²) in [7, 11) is 0. The summed E-state index contributed by atoms with van der Waals surface area (Å²) in [6, 6.07) is 2.17. The lowest BCUT2D eigenvalue weighted by molar-refractivity contribution is 0.295. The average Bonchev–Trinajstić information content (AvgIpc) is 2.41. The van der Waals surface area contributed by atoms with Gasteiger partial charge in [0.1, 0.15) is 0 Å². The van der Waals surface area contributed by atoms with Gasteiger partial charge in [-0.15, -0.1) is 22.9 Å². The van der Waals surface area contributed by atoms with E-state index in [1.165, 1.54) is 20.6 Å². The Morgan fingerprint density at radius 3 is 2.41 bits per heavy atom. The third-order valence-electron chi connectivity index (χ3n) is 2.83. The number of hydrogen-bond acceptors (Lipinski definition) is 1. The lowest BCUT2D eigenvalue weighted by Gasteiger charge is -2.24. The van der Waals surface area contributed by atoms with E-state index in [2.05, 4.69) is 56.6 Å². The summed E-state index contributed by atoms with van der Waals surface area (Å²) in [5.41, 5.74) is 1.68. The Hall–Kier alpha value is 0.470. The molecule has 0 spiro atoms. The largest absolute Gasteiger partial charge is 0.133 e. The molecule has 0 amide bonds. The summed E-state index contributed by atoms with van der Waals surface area (Å²) in [4.78, 5) is 1.33. The van der Waals surface area contributed by atoms with Gasteiger partial charge < -0.3 is 0 Å². The normalized spacial score (nSPS) is 15.9. The molecule has 2 unspecified atom stereocenters. The predicted octanol–water partition coefficient (Wildman–Crippen LogP) is 6.56. The van der Waals surface area contributed by atoms with E-state index in [0.29, 0.717) is 11.3 Å². The number of halogens is 2. The van der Waals surface area contributed by atoms with Crippen LogP contribution in [0.1, 0.15) is 56.4 Å². The Balaban J connectivity index is 2.60. The van der Waals surface area contributed by atoms with Gasteiger partial charge in [-0.2, -0.15) is 0 Å². The molecule has 0 radical (unpaired) electrons. The van der Waals surface area contributed by atoms with Crippen molar-refractivity contribution < 1.29 is 0 Å². The molecule has 0 aliphatic carbocycles. The molecule has 0 bridgehead atoms. The molecule has 0 aliphatic rings. The van der Waals surface area contributed by atoms with Crippen molar-refractivity contribution in [1.29, 1.82) is 0 Å². The van der Waals surface area contributed by atoms with Crippen LogP contribution in [0.2, 0.25) is 0 Å². The van der Waals surface area contributed by atoms with Gasteiger partial charge in [0.15, 0.2) is 0 Å². The molecule has 3 heteroatoms. The summed E-state index contributed by atoms with van der Waals surface area (Å²) in [6.45, 7) is 11.3. The summed E-state index contributed by atoms with van der Waals surface area (Å²) in [5, 5.41) is 0.148. The van der Waals surface area contributed by atoms with Crippen LogP contribution in [-0.4, -0.2) is 0 Å². The van der Waals surface area contributed by atoms with Crippen LogP contribution in [-0.2, 0) is 0 Å². The van der Waals surface area contributed by atoms with Crippen molar-refractivity contribution in [2.24, 2.45) is 11.3 Å². The van der Waals surface area contributed by atoms with Crippen molar-refractivity contribution >= 4 is 38.9 Å². The fraction of sp³-hybridized carbons (Fsp3) is 0.714. The van der Waals surface area contributed by atoms with Gasteiger partial charge in [-0.3, -0.25) is 0 Å². The zero-order valence-corrected chi connectivity index (χ0v) is 14.5. The van der Waals surface area contributed by atoms with Gasteiger partial charge in [0, 0.05) is 4.88 Å². The first kappa shape index (κ1) is 15.5. The summed E-state index contributed by atoms with van der Waals surface area (Å²) < 4.78 is 1.18. The molecule has 17 heavy (non-hydrogen) atoms. The molecular formula is C14H22BrClS. The van der Waals surface area contributed by atoms with E-state index in [0.717, 1.165) is 6.42 Å². The van der Waals surface area contributed by atoms with Crippen molar-refractivity contribution in [3.63, 3.8) is 0 Å². The van der Waals surface area contributed by atoms with Gasteiger partial charge in [-0.1, -0.05) is 27.7 Å². The Morgan fingerprint density at radius 2 is 2.00 bits per heavy atom. The highest BCUT2D eigenvalue weighted by molar-refractivity contribution is 9.11. The lowest BCUT2D eigenvalue weighted by atomic mass is 9.83. The molecule has 1 aromatic rings. The molecule has 98 valence electrons. The van der Waals surface area contributed by atoms with Crippen LogP contribution in [0, 0.1) is 18.3 Å². The summed E-state index contributed by atoms with van der Waals surface area (Å²) in [5.74, 6) is 0.663. The Kier molecular flexibility index (Phi) is 5.55. The topological polar surface area (TPSA) is 0 Å². The smallest absolute Gasteiger partial charge is 0.0704 e. The van der Waals surface area contributed by atoms with Gasteiger partial charge in [-0.05, 0) is 58.7 Å². The molecule has 1 aromatic heterocycles. The number of hydrogen-bond donors (Lipinski definition) is 0. The fourth-order valence-corrected chi connectivity index (χ4v) is 4.75. The van der Waals surface area contributed by atoms with Crippen molar-refractivity contribution in [2.45, 2.75) is 52.8 Å². The molecule has 0 N–H and O–H groups in total. The second-order valence-electron chi connectivity index (χ2n) is 6.14. The molecule has 0 saturated heterocycles. The number of alkyl halides is 1. The van der Waals surface area contributed by atoms with Crippen molar-refractivity contribution in [2.75, 3.05) is 0 Å². The first-order chi connectivity index (χ1) is 7.69. The maximum absolute atomic E-state index is 6.53. The predicted molar refractivity (Wildman–Crippen MR) is 83.2 cm³/mol. The molecule has 0 aliphatic heterocycles. The Morgan fingerprint density at radius 1 is 1.41 bits per heavy atom. The zero-order valence-electron chi connectivity index (χ0n) is 11.3. The average molecular weight is 338 g/mol. The van der Waals surface area contributed by atoms with E-state index in [9.17, 15) is 0 Å². The highest BCUT2D eigenvalue weighted by Gasteiger charge is 2.20. The quantitative estimate of drug-likeness (QED) is 0.546. The second kappa shape index (κ2) is 6.08. The first-order valence-corrected chi connectivity index (χ1v) is 8.13. The van der Waals surface area contributed by atoms with Crippen LogP contribution in [0.15, 0.2) is 9.85 Å². The van der Waals surface area contributed by atoms with Crippen molar-refractivity contribution in [3.05, 3.63) is 20.3 Å². The molecule has 0 saturated carbocycles. The number of rotatable bonds is 4. The van der Waals surface area contributed by atoms with E-state index in [1.54, 1.807) is 11.3 Å². The molecule has 1 heterocycles. The van der Waals surface area contributed by atoms with Gasteiger partial charge >= 0.3 is 0 Å². The minimum absolute atomic E-state index is 0.148. The van der Waals surface area contributed by atoms with Gasteiger partial charge in [0.25, 0.3) is 0 Å². The minimum Gasteiger partial charge on any atom is -0.133 e. The molecular weight excluding hydrogens is 316 g/mol. The van der Waals surface area contributed by atoms with Crippen LogP contribution >= 0.6 is 38.9 Å². The van der Waals surface area contributed by atoms with Gasteiger partial charge in [0.05, 0.1) is 9.16 Å². The zero-order chi connectivity index (χ0) is 13.2. The van der Waals surface area contributed by atoms with E-state index in [4.69, 9.17) is 11.6 Å². The van der Waals surface area contributed by atoms with E-state index in [1.807, 2.05) is 0 Å². The highest BCUT2D eigenvalue weighted by atomic mass is 79.9. The van der Waals surface area contributed by atoms with E-state index in [-0.39, 0.29) is 5.38 Å². The summed E-state index contributed by atoms with van der Waals surface area (Å²) in [6.07, 6.45) is 2.28. The second-order valence-corrected chi connectivity index (χ2v) is 9.30. The van der Waals surface area contributed by atoms with Gasteiger partial charge in [0.2, 0.25) is 0 Å². The summed E-state index contributed by atoms with van der Waals surface area (Å²) >= 11 is 11.8. The number of aryl methyl sites for hydroxylation is 1. The third-order valence-corrected chi connectivity index (χ3v) is 4.82. The monoisotopic (exact) mass is 336 g/mol. The van der Waals surface area contributed by atoms with E-state index < -0.39 is 0 Å². The van der Waals surface area contributed by atoms with E-state index >= 15 is 0 Å². The minimum atomic E-state index is 0.148. The fourth-order valence-electron chi connectivity index (χ4n) is 2.38. The standard InChI is InChI=1S/C14H22BrClS/c1-9(8-14(3,4)5)6-12(16)11-7-13(15)17-10(11)2/h7,9,12H,6,8H2,1-5H3. The maximum Gasteiger partial charge on any atom is 0.0704 e. The van der Waals surface area contributed by atoms with Crippen LogP contribution in [0.5, 0.6) is 0 Å². The van der Waals surface area contributed by atoms with Crippen LogP contribution in [0.3, 0.4) is 0 Å². The Labute approximate surface area is 123 Å². The van der Waals surface area contributed by atoms with Crippen LogP contribution < -0.4 is 0 Å². The lowest BCUT2D eigenvalue weighted by Crippen LogP contribution is -2.12. The molecule has 0 aromatic carbocycles. The highest BCUT2D eigenvalue weighted by Crippen LogP contribution is 2.38. The molecule has 0 nitrogen and oxygen atoms in total. The van der Waals surface area contributed by atoms with Gasteiger partial charge in [-0.25, -0.2) is 0 Å². The maximum atomic E-state index is 6.53. The molecule has 1 rings (SSSR count). The Bertz CT molecular complexity index is 365. The third kappa shape index (κ3) is 5.32. The molecule has 0 fully saturated rings.